The molecule has 8 heteroatoms. The fourth-order valence-electron chi connectivity index (χ4n) is 3.37. The molecule has 0 radical (unpaired) electrons. The van der Waals surface area contributed by atoms with Crippen LogP contribution in [0.3, 0.4) is 0 Å². The fraction of sp³-hybridized carbons (Fsp3) is 0.286. The highest BCUT2D eigenvalue weighted by atomic mass is 32.1. The predicted octanol–water partition coefficient (Wildman–Crippen LogP) is 4.37. The third kappa shape index (κ3) is 4.33. The summed E-state index contributed by atoms with van der Waals surface area (Å²) in [6.45, 7) is 1.13. The lowest BCUT2D eigenvalue weighted by molar-refractivity contribution is -0.121. The van der Waals surface area contributed by atoms with Crippen LogP contribution in [0.4, 0.5) is 5.69 Å². The van der Waals surface area contributed by atoms with E-state index in [0.717, 1.165) is 9.88 Å². The number of nitrogens with zero attached hydrogens (tertiary/aromatic N) is 2. The van der Waals surface area contributed by atoms with Crippen molar-refractivity contribution in [3.8, 4) is 15.6 Å². The van der Waals surface area contributed by atoms with Crippen LogP contribution in [0.1, 0.15) is 22.5 Å². The molecule has 0 spiro atoms. The van der Waals surface area contributed by atoms with E-state index < -0.39 is 0 Å². The zero-order chi connectivity index (χ0) is 20.2. The third-order valence-electron chi connectivity index (χ3n) is 4.97. The van der Waals surface area contributed by atoms with Gasteiger partial charge in [0, 0.05) is 19.0 Å². The molecule has 3 aromatic rings. The summed E-state index contributed by atoms with van der Waals surface area (Å²) in [5.41, 5.74) is 0.671. The lowest BCUT2D eigenvalue weighted by Crippen LogP contribution is -2.41. The Bertz CT molecular complexity index is 992. The Morgan fingerprint density at radius 1 is 1.17 bits per heavy atom. The van der Waals surface area contributed by atoms with Gasteiger partial charge < -0.3 is 15.0 Å². The molecule has 4 rings (SSSR count). The monoisotopic (exact) mass is 427 g/mol. The number of thiazole rings is 1. The van der Waals surface area contributed by atoms with Crippen LogP contribution in [0.2, 0.25) is 0 Å². The number of hydrogen-bond acceptors (Lipinski definition) is 6. The molecule has 1 aromatic carbocycles. The van der Waals surface area contributed by atoms with E-state index in [0.29, 0.717) is 42.2 Å². The van der Waals surface area contributed by atoms with Gasteiger partial charge in [0.25, 0.3) is 5.91 Å². The van der Waals surface area contributed by atoms with Crippen molar-refractivity contribution in [3.63, 3.8) is 0 Å². The highest BCUT2D eigenvalue weighted by molar-refractivity contribution is 7.21. The summed E-state index contributed by atoms with van der Waals surface area (Å²) in [6, 6.07) is 11.3. The van der Waals surface area contributed by atoms with Crippen molar-refractivity contribution < 1.29 is 14.3 Å². The van der Waals surface area contributed by atoms with E-state index >= 15 is 0 Å². The molecule has 0 aliphatic carbocycles. The van der Waals surface area contributed by atoms with Gasteiger partial charge in [0.15, 0.2) is 0 Å². The van der Waals surface area contributed by atoms with E-state index in [9.17, 15) is 9.59 Å². The number of anilines is 1. The SMILES string of the molecule is COc1ccccc1NC(=O)C1CCN(C(=O)c2cnc(-c3cccs3)s2)CC1. The van der Waals surface area contributed by atoms with E-state index in [2.05, 4.69) is 10.3 Å². The molecule has 150 valence electrons. The first-order valence-corrected chi connectivity index (χ1v) is 11.1. The van der Waals surface area contributed by atoms with Gasteiger partial charge >= 0.3 is 0 Å². The topological polar surface area (TPSA) is 71.5 Å². The summed E-state index contributed by atoms with van der Waals surface area (Å²) in [5.74, 6) is 0.487. The van der Waals surface area contributed by atoms with Crippen LogP contribution in [0.5, 0.6) is 5.75 Å². The number of nitrogens with one attached hydrogen (secondary N) is 1. The van der Waals surface area contributed by atoms with Crippen LogP contribution in [0, 0.1) is 5.92 Å². The second-order valence-electron chi connectivity index (χ2n) is 6.76. The minimum Gasteiger partial charge on any atom is -0.495 e. The molecule has 6 nitrogen and oxygen atoms in total. The normalized spacial score (nSPS) is 14.6. The number of thiophene rings is 1. The number of amides is 2. The first kappa shape index (κ1) is 19.6. The van der Waals surface area contributed by atoms with Crippen LogP contribution < -0.4 is 10.1 Å². The first-order chi connectivity index (χ1) is 14.2. The minimum absolute atomic E-state index is 0.00565. The van der Waals surface area contributed by atoms with Crippen LogP contribution >= 0.6 is 22.7 Å². The number of ether oxygens (including phenoxy) is 1. The number of rotatable bonds is 5. The summed E-state index contributed by atoms with van der Waals surface area (Å²) >= 11 is 3.03. The molecule has 0 atom stereocenters. The molecular formula is C21H21N3O3S2. The Hall–Kier alpha value is -2.71. The van der Waals surface area contributed by atoms with E-state index in [1.807, 2.05) is 46.7 Å². The first-order valence-electron chi connectivity index (χ1n) is 9.38. The molecule has 0 unspecified atom stereocenters. The molecule has 1 fully saturated rings. The maximum Gasteiger partial charge on any atom is 0.265 e. The Balaban J connectivity index is 1.34. The predicted molar refractivity (Wildman–Crippen MR) is 116 cm³/mol. The molecule has 3 heterocycles. The van der Waals surface area contributed by atoms with Gasteiger partial charge in [0.2, 0.25) is 5.91 Å². The highest BCUT2D eigenvalue weighted by Gasteiger charge is 2.29. The molecule has 29 heavy (non-hydrogen) atoms. The zero-order valence-electron chi connectivity index (χ0n) is 16.0. The van der Waals surface area contributed by atoms with E-state index in [1.165, 1.54) is 11.3 Å². The number of carbonyl (C=O) groups is 2. The van der Waals surface area contributed by atoms with Crippen molar-refractivity contribution in [2.24, 2.45) is 5.92 Å². The second-order valence-corrected chi connectivity index (χ2v) is 8.74. The number of methoxy groups -OCH3 is 1. The minimum atomic E-state index is -0.118. The molecule has 1 aliphatic heterocycles. The maximum absolute atomic E-state index is 12.8. The van der Waals surface area contributed by atoms with Crippen molar-refractivity contribution >= 4 is 40.2 Å². The molecule has 0 saturated carbocycles. The molecule has 2 aromatic heterocycles. The number of piperidine rings is 1. The number of aromatic nitrogens is 1. The van der Waals surface area contributed by atoms with Gasteiger partial charge in [-0.2, -0.15) is 0 Å². The van der Waals surface area contributed by atoms with Gasteiger partial charge in [-0.25, -0.2) is 4.98 Å². The Morgan fingerprint density at radius 2 is 1.97 bits per heavy atom. The van der Waals surface area contributed by atoms with Gasteiger partial charge in [-0.05, 0) is 36.4 Å². The molecular weight excluding hydrogens is 406 g/mol. The fourth-order valence-corrected chi connectivity index (χ4v) is 5.06. The van der Waals surface area contributed by atoms with E-state index in [1.54, 1.807) is 24.6 Å². The van der Waals surface area contributed by atoms with E-state index in [4.69, 9.17) is 4.74 Å². The smallest absolute Gasteiger partial charge is 0.265 e. The lowest BCUT2D eigenvalue weighted by atomic mass is 9.95. The Kier molecular flexibility index (Phi) is 5.92. The summed E-state index contributed by atoms with van der Waals surface area (Å²) in [4.78, 5) is 33.4. The average Bonchev–Trinajstić information content (AvgIpc) is 3.45. The number of hydrogen-bond donors (Lipinski definition) is 1. The standard InChI is InChI=1S/C21H21N3O3S2/c1-27-16-6-3-2-5-15(16)23-19(25)14-8-10-24(11-9-14)21(26)18-13-22-20(29-18)17-7-4-12-28-17/h2-7,12-14H,8-11H2,1H3,(H,23,25). The highest BCUT2D eigenvalue weighted by Crippen LogP contribution is 2.30. The van der Waals surface area contributed by atoms with Crippen molar-refractivity contribution in [1.82, 2.24) is 9.88 Å². The molecule has 2 amide bonds. The molecule has 1 aliphatic rings. The Morgan fingerprint density at radius 3 is 2.69 bits per heavy atom. The maximum atomic E-state index is 12.8. The lowest BCUT2D eigenvalue weighted by Gasteiger charge is -2.31. The van der Waals surface area contributed by atoms with Gasteiger partial charge in [-0.1, -0.05) is 18.2 Å². The second kappa shape index (κ2) is 8.75. The van der Waals surface area contributed by atoms with Crippen molar-refractivity contribution in [2.45, 2.75) is 12.8 Å². The summed E-state index contributed by atoms with van der Waals surface area (Å²) < 4.78 is 5.29. The third-order valence-corrected chi connectivity index (χ3v) is 6.99. The zero-order valence-corrected chi connectivity index (χ0v) is 17.6. The van der Waals surface area contributed by atoms with Gasteiger partial charge in [0.05, 0.1) is 23.9 Å². The molecule has 1 saturated heterocycles. The largest absolute Gasteiger partial charge is 0.495 e. The molecule has 1 N–H and O–H groups in total. The van der Waals surface area contributed by atoms with Crippen molar-refractivity contribution in [1.29, 1.82) is 0 Å². The van der Waals surface area contributed by atoms with Gasteiger partial charge in [-0.3, -0.25) is 9.59 Å². The van der Waals surface area contributed by atoms with Gasteiger partial charge in [0.1, 0.15) is 15.6 Å². The van der Waals surface area contributed by atoms with Crippen LogP contribution in [0.25, 0.3) is 9.88 Å². The van der Waals surface area contributed by atoms with Crippen LogP contribution in [-0.2, 0) is 4.79 Å². The Labute approximate surface area is 177 Å². The van der Waals surface area contributed by atoms with Crippen molar-refractivity contribution in [3.05, 3.63) is 52.9 Å². The number of likely N-dealkylation sites (tertiary alicyclic amines) is 1. The van der Waals surface area contributed by atoms with E-state index in [-0.39, 0.29) is 17.7 Å². The average molecular weight is 428 g/mol. The quantitative estimate of drug-likeness (QED) is 0.656. The summed E-state index contributed by atoms with van der Waals surface area (Å²) in [5, 5.41) is 5.82. The molecule has 0 bridgehead atoms. The number of benzene rings is 1. The van der Waals surface area contributed by atoms with Crippen LogP contribution in [0.15, 0.2) is 48.0 Å². The number of carbonyl (C=O) groups excluding carboxylic acids is 2. The van der Waals surface area contributed by atoms with Gasteiger partial charge in [-0.15, -0.1) is 22.7 Å². The number of para-hydroxylation sites is 2. The van der Waals surface area contributed by atoms with Crippen molar-refractivity contribution in [2.75, 3.05) is 25.5 Å². The summed E-state index contributed by atoms with van der Waals surface area (Å²) in [7, 11) is 1.58. The summed E-state index contributed by atoms with van der Waals surface area (Å²) in [6.07, 6.45) is 2.94. The van der Waals surface area contributed by atoms with Crippen LogP contribution in [-0.4, -0.2) is 41.9 Å².